The van der Waals surface area contributed by atoms with Crippen LogP contribution in [-0.4, -0.2) is 55.1 Å². The van der Waals surface area contributed by atoms with E-state index in [0.717, 1.165) is 24.1 Å². The highest BCUT2D eigenvalue weighted by molar-refractivity contribution is 5.68. The Labute approximate surface area is 183 Å². The van der Waals surface area contributed by atoms with Crippen LogP contribution >= 0.6 is 0 Å². The van der Waals surface area contributed by atoms with Crippen LogP contribution in [0.15, 0.2) is 18.2 Å². The molecule has 2 fully saturated rings. The second-order valence-corrected chi connectivity index (χ2v) is 9.39. The van der Waals surface area contributed by atoms with Gasteiger partial charge in [0.1, 0.15) is 5.60 Å². The lowest BCUT2D eigenvalue weighted by atomic mass is 10.1. The lowest BCUT2D eigenvalue weighted by Gasteiger charge is -2.29. The van der Waals surface area contributed by atoms with E-state index in [1.807, 2.05) is 26.8 Å². The molecule has 31 heavy (non-hydrogen) atoms. The van der Waals surface area contributed by atoms with Gasteiger partial charge in [-0.15, -0.1) is 0 Å². The van der Waals surface area contributed by atoms with Crippen molar-refractivity contribution in [2.75, 3.05) is 31.2 Å². The molecular weight excluding hydrogens is 402 g/mol. The highest BCUT2D eigenvalue weighted by Gasteiger charge is 2.35. The number of nitro benzene ring substituents is 1. The van der Waals surface area contributed by atoms with Gasteiger partial charge in [-0.05, 0) is 51.2 Å². The van der Waals surface area contributed by atoms with Gasteiger partial charge in [0.05, 0.1) is 36.9 Å². The van der Waals surface area contributed by atoms with Gasteiger partial charge in [0.25, 0.3) is 5.69 Å². The summed E-state index contributed by atoms with van der Waals surface area (Å²) >= 11 is 0. The van der Waals surface area contributed by atoms with Gasteiger partial charge >= 0.3 is 6.09 Å². The van der Waals surface area contributed by atoms with Crippen molar-refractivity contribution < 1.29 is 23.9 Å². The van der Waals surface area contributed by atoms with Crippen molar-refractivity contribution in [3.05, 3.63) is 33.9 Å². The molecule has 1 amide bonds. The number of nitro groups is 1. The number of alkyl carbamates (subject to hydrolysis) is 1. The van der Waals surface area contributed by atoms with Crippen molar-refractivity contribution in [3.8, 4) is 0 Å². The fourth-order valence-corrected chi connectivity index (χ4v) is 4.09. The predicted octanol–water partition coefficient (Wildman–Crippen LogP) is 3.64. The first-order chi connectivity index (χ1) is 14.6. The van der Waals surface area contributed by atoms with Gasteiger partial charge in [0, 0.05) is 30.9 Å². The Hall–Kier alpha value is -2.39. The standard InChI is InChI=1S/C22H33N3O6/c1-15-9-19(23-21(26)31-22(2,3)4)20(10-15)30-14-16-11-17(13-18(12-16)25(27)28)24-5-7-29-8-6-24/h11-13,15,19-20H,5-10,14H2,1-4H3,(H,23,26)/t15-,19-,20-/m1/s1. The van der Waals surface area contributed by atoms with Crippen molar-refractivity contribution in [1.29, 1.82) is 0 Å². The van der Waals surface area contributed by atoms with E-state index in [-0.39, 0.29) is 29.4 Å². The minimum absolute atomic E-state index is 0.0470. The second-order valence-electron chi connectivity index (χ2n) is 9.39. The van der Waals surface area contributed by atoms with Crippen LogP contribution in [0.4, 0.5) is 16.2 Å². The van der Waals surface area contributed by atoms with E-state index in [1.165, 1.54) is 0 Å². The van der Waals surface area contributed by atoms with E-state index >= 15 is 0 Å². The van der Waals surface area contributed by atoms with Crippen LogP contribution in [0.25, 0.3) is 0 Å². The quantitative estimate of drug-likeness (QED) is 0.537. The number of amides is 1. The fourth-order valence-electron chi connectivity index (χ4n) is 4.09. The van der Waals surface area contributed by atoms with Gasteiger partial charge in [-0.2, -0.15) is 0 Å². The number of non-ortho nitro benzene ring substituents is 1. The number of benzene rings is 1. The topological polar surface area (TPSA) is 103 Å². The molecule has 1 saturated heterocycles. The van der Waals surface area contributed by atoms with Gasteiger partial charge in [0.15, 0.2) is 0 Å². The monoisotopic (exact) mass is 435 g/mol. The Morgan fingerprint density at radius 3 is 2.61 bits per heavy atom. The predicted molar refractivity (Wildman–Crippen MR) is 116 cm³/mol. The lowest BCUT2D eigenvalue weighted by Crippen LogP contribution is -2.43. The summed E-state index contributed by atoms with van der Waals surface area (Å²) in [4.78, 5) is 25.4. The third kappa shape index (κ3) is 6.80. The highest BCUT2D eigenvalue weighted by Crippen LogP contribution is 2.30. The normalized spacial score (nSPS) is 24.1. The number of hydrogen-bond acceptors (Lipinski definition) is 7. The van der Waals surface area contributed by atoms with Crippen molar-refractivity contribution in [2.24, 2.45) is 5.92 Å². The molecule has 172 valence electrons. The number of nitrogens with zero attached hydrogens (tertiary/aromatic N) is 2. The third-order valence-electron chi connectivity index (χ3n) is 5.46. The zero-order valence-corrected chi connectivity index (χ0v) is 18.8. The summed E-state index contributed by atoms with van der Waals surface area (Å²) in [5.41, 5.74) is 1.03. The van der Waals surface area contributed by atoms with E-state index < -0.39 is 11.7 Å². The molecule has 1 heterocycles. The molecule has 2 aliphatic rings. The Morgan fingerprint density at radius 1 is 1.26 bits per heavy atom. The highest BCUT2D eigenvalue weighted by atomic mass is 16.6. The van der Waals surface area contributed by atoms with Crippen LogP contribution in [0.2, 0.25) is 0 Å². The molecule has 0 spiro atoms. The molecule has 1 saturated carbocycles. The Kier molecular flexibility index (Phi) is 7.38. The lowest BCUT2D eigenvalue weighted by molar-refractivity contribution is -0.384. The fraction of sp³-hybridized carbons (Fsp3) is 0.682. The van der Waals surface area contributed by atoms with Crippen LogP contribution in [0.3, 0.4) is 0 Å². The van der Waals surface area contributed by atoms with Gasteiger partial charge in [-0.3, -0.25) is 10.1 Å². The number of rotatable bonds is 6. The maximum absolute atomic E-state index is 12.2. The first-order valence-corrected chi connectivity index (χ1v) is 10.8. The molecule has 3 rings (SSSR count). The minimum Gasteiger partial charge on any atom is -0.444 e. The summed E-state index contributed by atoms with van der Waals surface area (Å²) in [5.74, 6) is 0.402. The maximum atomic E-state index is 12.2. The molecule has 9 nitrogen and oxygen atoms in total. The number of carbonyl (C=O) groups excluding carboxylic acids is 1. The molecule has 0 bridgehead atoms. The van der Waals surface area contributed by atoms with Crippen molar-refractivity contribution in [2.45, 2.75) is 64.9 Å². The first-order valence-electron chi connectivity index (χ1n) is 10.8. The Bertz CT molecular complexity index is 788. The van der Waals surface area contributed by atoms with Crippen LogP contribution in [-0.2, 0) is 20.8 Å². The summed E-state index contributed by atoms with van der Waals surface area (Å²) in [6.45, 7) is 10.4. The summed E-state index contributed by atoms with van der Waals surface area (Å²) in [6, 6.07) is 4.94. The SMILES string of the molecule is C[C@@H]1C[C@@H](NC(=O)OC(C)(C)C)[C@H](OCc2cc(N3CCOCC3)cc([N+](=O)[O-])c2)C1. The Balaban J connectivity index is 1.67. The average Bonchev–Trinajstić information content (AvgIpc) is 3.04. The smallest absolute Gasteiger partial charge is 0.407 e. The molecular formula is C22H33N3O6. The van der Waals surface area contributed by atoms with E-state index in [4.69, 9.17) is 14.2 Å². The molecule has 0 aromatic heterocycles. The molecule has 1 N–H and O–H groups in total. The van der Waals surface area contributed by atoms with E-state index in [1.54, 1.807) is 12.1 Å². The van der Waals surface area contributed by atoms with Gasteiger partial charge < -0.3 is 24.4 Å². The molecule has 1 aromatic rings. The van der Waals surface area contributed by atoms with E-state index in [9.17, 15) is 14.9 Å². The molecule has 9 heteroatoms. The van der Waals surface area contributed by atoms with Crippen LogP contribution in [0, 0.1) is 16.0 Å². The van der Waals surface area contributed by atoms with Crippen molar-refractivity contribution >= 4 is 17.5 Å². The van der Waals surface area contributed by atoms with Gasteiger partial charge in [-0.25, -0.2) is 4.79 Å². The van der Waals surface area contributed by atoms with E-state index in [0.29, 0.717) is 32.2 Å². The van der Waals surface area contributed by atoms with Crippen molar-refractivity contribution in [3.63, 3.8) is 0 Å². The number of carbonyl (C=O) groups is 1. The van der Waals surface area contributed by atoms with Crippen LogP contribution < -0.4 is 10.2 Å². The number of ether oxygens (including phenoxy) is 3. The summed E-state index contributed by atoms with van der Waals surface area (Å²) < 4.78 is 16.9. The number of anilines is 1. The summed E-state index contributed by atoms with van der Waals surface area (Å²) in [6.07, 6.45) is 0.989. The zero-order chi connectivity index (χ0) is 22.6. The molecule has 1 aromatic carbocycles. The van der Waals surface area contributed by atoms with Crippen LogP contribution in [0.1, 0.15) is 46.1 Å². The van der Waals surface area contributed by atoms with Gasteiger partial charge in [0.2, 0.25) is 0 Å². The third-order valence-corrected chi connectivity index (χ3v) is 5.46. The maximum Gasteiger partial charge on any atom is 0.407 e. The molecule has 3 atom stereocenters. The van der Waals surface area contributed by atoms with Crippen LogP contribution in [0.5, 0.6) is 0 Å². The molecule has 1 aliphatic carbocycles. The van der Waals surface area contributed by atoms with Crippen molar-refractivity contribution in [1.82, 2.24) is 5.32 Å². The van der Waals surface area contributed by atoms with Gasteiger partial charge in [-0.1, -0.05) is 6.92 Å². The molecule has 1 aliphatic heterocycles. The minimum atomic E-state index is -0.566. The number of hydrogen-bond donors (Lipinski definition) is 1. The number of nitrogens with one attached hydrogen (secondary N) is 1. The largest absolute Gasteiger partial charge is 0.444 e. The number of morpholine rings is 1. The molecule has 0 radical (unpaired) electrons. The summed E-state index contributed by atoms with van der Waals surface area (Å²) in [5, 5.41) is 14.4. The average molecular weight is 436 g/mol. The molecule has 0 unspecified atom stereocenters. The second kappa shape index (κ2) is 9.82. The first kappa shape index (κ1) is 23.3. The summed E-state index contributed by atoms with van der Waals surface area (Å²) in [7, 11) is 0. The Morgan fingerprint density at radius 2 is 1.97 bits per heavy atom. The van der Waals surface area contributed by atoms with E-state index in [2.05, 4.69) is 17.1 Å². The zero-order valence-electron chi connectivity index (χ0n) is 18.8.